The van der Waals surface area contributed by atoms with Gasteiger partial charge in [-0.25, -0.2) is 4.79 Å². The molecule has 5 nitrogen and oxygen atoms in total. The van der Waals surface area contributed by atoms with Crippen molar-refractivity contribution in [2.45, 2.75) is 0 Å². The molecule has 1 aliphatic heterocycles. The van der Waals surface area contributed by atoms with Crippen LogP contribution >= 0.6 is 0 Å². The molecule has 98 valence electrons. The van der Waals surface area contributed by atoms with Gasteiger partial charge < -0.3 is 14.8 Å². The average Bonchev–Trinajstić information content (AvgIpc) is 2.41. The molecule has 1 aromatic carbocycles. The Kier molecular flexibility index (Phi) is 4.04. The van der Waals surface area contributed by atoms with Crippen LogP contribution in [0.3, 0.4) is 0 Å². The summed E-state index contributed by atoms with van der Waals surface area (Å²) in [7, 11) is 3.50. The number of nitrogens with one attached hydrogen (secondary N) is 1. The Bertz CT molecular complexity index is 422. The van der Waals surface area contributed by atoms with E-state index < -0.39 is 0 Å². The fourth-order valence-corrected chi connectivity index (χ4v) is 2.05. The van der Waals surface area contributed by atoms with E-state index in [2.05, 4.69) is 5.32 Å². The minimum Gasteiger partial charge on any atom is -0.497 e. The molecule has 0 saturated carbocycles. The SMILES string of the molecule is CNCC1COC(=O)N(c2cccc(OC)c2)C1. The molecule has 1 amide bonds. The maximum atomic E-state index is 11.8. The molecule has 18 heavy (non-hydrogen) atoms. The second-order valence-corrected chi connectivity index (χ2v) is 4.31. The minimum absolute atomic E-state index is 0.296. The summed E-state index contributed by atoms with van der Waals surface area (Å²) in [5.74, 6) is 1.04. The van der Waals surface area contributed by atoms with E-state index in [1.807, 2.05) is 31.3 Å². The second-order valence-electron chi connectivity index (χ2n) is 4.31. The van der Waals surface area contributed by atoms with Crippen molar-refractivity contribution in [2.75, 3.05) is 38.8 Å². The number of benzene rings is 1. The summed E-state index contributed by atoms with van der Waals surface area (Å²) in [4.78, 5) is 13.4. The third-order valence-corrected chi connectivity index (χ3v) is 2.96. The van der Waals surface area contributed by atoms with Crippen molar-refractivity contribution < 1.29 is 14.3 Å². The molecule has 1 unspecified atom stereocenters. The minimum atomic E-state index is -0.296. The Hall–Kier alpha value is -1.75. The number of rotatable bonds is 4. The van der Waals surface area contributed by atoms with Crippen molar-refractivity contribution in [3.63, 3.8) is 0 Å². The van der Waals surface area contributed by atoms with Crippen LogP contribution in [0.15, 0.2) is 24.3 Å². The zero-order valence-electron chi connectivity index (χ0n) is 10.7. The predicted octanol–water partition coefficient (Wildman–Crippen LogP) is 1.49. The van der Waals surface area contributed by atoms with Gasteiger partial charge >= 0.3 is 6.09 Å². The van der Waals surface area contributed by atoms with Crippen LogP contribution in [0.1, 0.15) is 0 Å². The molecule has 1 atom stereocenters. The molecule has 0 radical (unpaired) electrons. The highest BCUT2D eigenvalue weighted by atomic mass is 16.6. The Morgan fingerprint density at radius 3 is 3.11 bits per heavy atom. The van der Waals surface area contributed by atoms with Gasteiger partial charge in [-0.15, -0.1) is 0 Å². The van der Waals surface area contributed by atoms with Crippen LogP contribution in [-0.2, 0) is 4.74 Å². The standard InChI is InChI=1S/C13H18N2O3/c1-14-7-10-8-15(13(16)18-9-10)11-4-3-5-12(6-11)17-2/h3-6,10,14H,7-9H2,1-2H3. The van der Waals surface area contributed by atoms with Crippen LogP contribution in [0, 0.1) is 5.92 Å². The quantitative estimate of drug-likeness (QED) is 0.879. The number of amides is 1. The van der Waals surface area contributed by atoms with Crippen molar-refractivity contribution in [1.82, 2.24) is 5.32 Å². The number of methoxy groups -OCH3 is 1. The van der Waals surface area contributed by atoms with E-state index in [1.54, 1.807) is 12.0 Å². The molecule has 0 bridgehead atoms. The number of nitrogens with zero attached hydrogens (tertiary/aromatic N) is 1. The van der Waals surface area contributed by atoms with E-state index in [9.17, 15) is 4.79 Å². The van der Waals surface area contributed by atoms with Gasteiger partial charge in [0.15, 0.2) is 0 Å². The first-order valence-corrected chi connectivity index (χ1v) is 5.97. The first kappa shape index (κ1) is 12.7. The Morgan fingerprint density at radius 1 is 1.56 bits per heavy atom. The van der Waals surface area contributed by atoms with E-state index in [-0.39, 0.29) is 6.09 Å². The summed E-state index contributed by atoms with van der Waals surface area (Å²) in [5.41, 5.74) is 0.806. The molecule has 1 heterocycles. The van der Waals surface area contributed by atoms with Gasteiger partial charge in [0.2, 0.25) is 0 Å². The molecule has 5 heteroatoms. The second kappa shape index (κ2) is 5.73. The fourth-order valence-electron chi connectivity index (χ4n) is 2.05. The van der Waals surface area contributed by atoms with E-state index in [4.69, 9.17) is 9.47 Å². The fraction of sp³-hybridized carbons (Fsp3) is 0.462. The first-order chi connectivity index (χ1) is 8.74. The lowest BCUT2D eigenvalue weighted by Gasteiger charge is -2.32. The smallest absolute Gasteiger partial charge is 0.414 e. The number of hydrogen-bond donors (Lipinski definition) is 1. The van der Waals surface area contributed by atoms with Gasteiger partial charge in [0.25, 0.3) is 0 Å². The molecule has 0 aromatic heterocycles. The van der Waals surface area contributed by atoms with Crippen LogP contribution in [0.2, 0.25) is 0 Å². The van der Waals surface area contributed by atoms with Crippen molar-refractivity contribution in [2.24, 2.45) is 5.92 Å². The maximum absolute atomic E-state index is 11.8. The van der Waals surface area contributed by atoms with Crippen LogP contribution in [-0.4, -0.2) is 39.9 Å². The highest BCUT2D eigenvalue weighted by Crippen LogP contribution is 2.24. The molecular weight excluding hydrogens is 232 g/mol. The summed E-state index contributed by atoms with van der Waals surface area (Å²) in [6.45, 7) is 1.96. The number of ether oxygens (including phenoxy) is 2. The zero-order valence-corrected chi connectivity index (χ0v) is 10.7. The van der Waals surface area contributed by atoms with Crippen LogP contribution in [0.25, 0.3) is 0 Å². The van der Waals surface area contributed by atoms with Crippen molar-refractivity contribution in [3.05, 3.63) is 24.3 Å². The van der Waals surface area contributed by atoms with E-state index in [0.29, 0.717) is 19.1 Å². The van der Waals surface area contributed by atoms with Crippen LogP contribution in [0.4, 0.5) is 10.5 Å². The maximum Gasteiger partial charge on any atom is 0.414 e. The van der Waals surface area contributed by atoms with Gasteiger partial charge in [0.05, 0.1) is 19.4 Å². The van der Waals surface area contributed by atoms with Crippen LogP contribution < -0.4 is 15.0 Å². The molecule has 1 aliphatic rings. The average molecular weight is 250 g/mol. The molecule has 1 fully saturated rings. The monoisotopic (exact) mass is 250 g/mol. The van der Waals surface area contributed by atoms with Gasteiger partial charge in [0.1, 0.15) is 5.75 Å². The normalized spacial score (nSPS) is 19.6. The van der Waals surface area contributed by atoms with Gasteiger partial charge in [0, 0.05) is 25.1 Å². The number of anilines is 1. The van der Waals surface area contributed by atoms with Gasteiger partial charge in [-0.05, 0) is 19.2 Å². The Labute approximate surface area is 107 Å². The lowest BCUT2D eigenvalue weighted by molar-refractivity contribution is 0.115. The summed E-state index contributed by atoms with van der Waals surface area (Å²) in [6, 6.07) is 7.43. The van der Waals surface area contributed by atoms with Gasteiger partial charge in [-0.2, -0.15) is 0 Å². The van der Waals surface area contributed by atoms with E-state index in [1.165, 1.54) is 0 Å². The van der Waals surface area contributed by atoms with Gasteiger partial charge in [-0.1, -0.05) is 6.07 Å². The third-order valence-electron chi connectivity index (χ3n) is 2.96. The van der Waals surface area contributed by atoms with E-state index in [0.717, 1.165) is 18.0 Å². The van der Waals surface area contributed by atoms with Crippen LogP contribution in [0.5, 0.6) is 5.75 Å². The third kappa shape index (κ3) is 2.73. The zero-order chi connectivity index (χ0) is 13.0. The molecular formula is C13H18N2O3. The molecule has 0 spiro atoms. The lowest BCUT2D eigenvalue weighted by atomic mass is 10.1. The van der Waals surface area contributed by atoms with Crippen molar-refractivity contribution >= 4 is 11.8 Å². The highest BCUT2D eigenvalue weighted by molar-refractivity contribution is 5.88. The lowest BCUT2D eigenvalue weighted by Crippen LogP contribution is -2.46. The highest BCUT2D eigenvalue weighted by Gasteiger charge is 2.28. The summed E-state index contributed by atoms with van der Waals surface area (Å²) >= 11 is 0. The number of hydrogen-bond acceptors (Lipinski definition) is 4. The first-order valence-electron chi connectivity index (χ1n) is 5.97. The summed E-state index contributed by atoms with van der Waals surface area (Å²) in [6.07, 6.45) is -0.296. The van der Waals surface area contributed by atoms with E-state index >= 15 is 0 Å². The number of carbonyl (C=O) groups is 1. The van der Waals surface area contributed by atoms with Gasteiger partial charge in [-0.3, -0.25) is 4.90 Å². The predicted molar refractivity (Wildman–Crippen MR) is 69.1 cm³/mol. The summed E-state index contributed by atoms with van der Waals surface area (Å²) in [5, 5.41) is 3.10. The Balaban J connectivity index is 2.15. The van der Waals surface area contributed by atoms with Crippen molar-refractivity contribution in [1.29, 1.82) is 0 Å². The largest absolute Gasteiger partial charge is 0.497 e. The molecule has 1 N–H and O–H groups in total. The van der Waals surface area contributed by atoms with Crippen molar-refractivity contribution in [3.8, 4) is 5.75 Å². The molecule has 1 aromatic rings. The number of cyclic esters (lactones) is 1. The topological polar surface area (TPSA) is 50.8 Å². The Morgan fingerprint density at radius 2 is 2.39 bits per heavy atom. The number of carbonyl (C=O) groups excluding carboxylic acids is 1. The molecule has 2 rings (SSSR count). The summed E-state index contributed by atoms with van der Waals surface area (Å²) < 4.78 is 10.4. The molecule has 1 saturated heterocycles. The molecule has 0 aliphatic carbocycles.